The molecule has 0 radical (unpaired) electrons. The van der Waals surface area contributed by atoms with Gasteiger partial charge in [0.25, 0.3) is 0 Å². The molecule has 0 saturated heterocycles. The number of benzene rings is 1. The van der Waals surface area contributed by atoms with Gasteiger partial charge in [-0.05, 0) is 43.2 Å². The van der Waals surface area contributed by atoms with Crippen molar-refractivity contribution < 1.29 is 0 Å². The van der Waals surface area contributed by atoms with Crippen molar-refractivity contribution in [1.29, 1.82) is 0 Å². The smallest absolute Gasteiger partial charge is 0.151 e. The Morgan fingerprint density at radius 3 is 2.48 bits per heavy atom. The first-order chi connectivity index (χ1) is 9.99. The third-order valence-electron chi connectivity index (χ3n) is 2.78. The first-order valence-electron chi connectivity index (χ1n) is 6.63. The van der Waals surface area contributed by atoms with E-state index < -0.39 is 0 Å². The lowest BCUT2D eigenvalue weighted by atomic mass is 10.2. The van der Waals surface area contributed by atoms with Crippen LogP contribution in [0.5, 0.6) is 0 Å². The summed E-state index contributed by atoms with van der Waals surface area (Å²) in [7, 11) is 0. The van der Waals surface area contributed by atoms with Gasteiger partial charge in [-0.2, -0.15) is 0 Å². The van der Waals surface area contributed by atoms with Crippen LogP contribution < -0.4 is 10.6 Å². The van der Waals surface area contributed by atoms with E-state index in [9.17, 15) is 0 Å². The second kappa shape index (κ2) is 7.34. The van der Waals surface area contributed by atoms with Gasteiger partial charge in [0.1, 0.15) is 5.82 Å². The van der Waals surface area contributed by atoms with Crippen molar-refractivity contribution in [3.05, 3.63) is 44.3 Å². The lowest BCUT2D eigenvalue weighted by molar-refractivity contribution is 0.970. The molecular weight excluding hydrogens is 373 g/mol. The minimum absolute atomic E-state index is 0.486. The van der Waals surface area contributed by atoms with Crippen molar-refractivity contribution in [2.45, 2.75) is 20.3 Å². The number of anilines is 3. The molecule has 1 aromatic heterocycles. The van der Waals surface area contributed by atoms with Gasteiger partial charge in [0.15, 0.2) is 5.82 Å². The monoisotopic (exact) mass is 387 g/mol. The Balaban J connectivity index is 2.30. The Morgan fingerprint density at radius 2 is 1.81 bits per heavy atom. The van der Waals surface area contributed by atoms with Crippen LogP contribution in [0.4, 0.5) is 17.3 Å². The van der Waals surface area contributed by atoms with Gasteiger partial charge in [-0.15, -0.1) is 0 Å². The highest BCUT2D eigenvalue weighted by Crippen LogP contribution is 2.31. The molecule has 0 amide bonds. The van der Waals surface area contributed by atoms with E-state index >= 15 is 0 Å². The summed E-state index contributed by atoms with van der Waals surface area (Å²) in [6, 6.07) is 7.73. The molecule has 0 aliphatic carbocycles. The highest BCUT2D eigenvalue weighted by Gasteiger charge is 2.10. The van der Waals surface area contributed by atoms with E-state index in [-0.39, 0.29) is 0 Å². The lowest BCUT2D eigenvalue weighted by Gasteiger charge is -2.13. The maximum atomic E-state index is 6.22. The maximum Gasteiger partial charge on any atom is 0.151 e. The number of nitrogens with one attached hydrogen (secondary N) is 2. The summed E-state index contributed by atoms with van der Waals surface area (Å²) in [5.41, 5.74) is 2.06. The van der Waals surface area contributed by atoms with E-state index in [1.165, 1.54) is 0 Å². The molecule has 0 spiro atoms. The van der Waals surface area contributed by atoms with Crippen molar-refractivity contribution in [3.8, 4) is 0 Å². The molecule has 112 valence electrons. The zero-order valence-corrected chi connectivity index (χ0v) is 14.9. The number of halogens is 3. The minimum atomic E-state index is 0.486. The molecule has 21 heavy (non-hydrogen) atoms. The van der Waals surface area contributed by atoms with Crippen molar-refractivity contribution in [2.24, 2.45) is 0 Å². The largest absolute Gasteiger partial charge is 0.369 e. The fraction of sp³-hybridized carbons (Fsp3) is 0.267. The van der Waals surface area contributed by atoms with Gasteiger partial charge in [-0.3, -0.25) is 0 Å². The van der Waals surface area contributed by atoms with Crippen molar-refractivity contribution in [1.82, 2.24) is 4.98 Å². The SMILES string of the molecule is CCCNc1nc(Nc2cc(C)cc(Br)c2)c(Cl)cc1Cl. The molecule has 0 fully saturated rings. The van der Waals surface area contributed by atoms with E-state index in [4.69, 9.17) is 23.2 Å². The highest BCUT2D eigenvalue weighted by atomic mass is 79.9. The molecule has 6 heteroatoms. The molecule has 0 bridgehead atoms. The van der Waals surface area contributed by atoms with Crippen molar-refractivity contribution >= 4 is 56.5 Å². The average Bonchev–Trinajstić information content (AvgIpc) is 2.39. The number of aryl methyl sites for hydroxylation is 1. The van der Waals surface area contributed by atoms with Crippen LogP contribution in [0.2, 0.25) is 10.0 Å². The fourth-order valence-corrected chi connectivity index (χ4v) is 2.95. The number of rotatable bonds is 5. The summed E-state index contributed by atoms with van der Waals surface area (Å²) < 4.78 is 0.999. The van der Waals surface area contributed by atoms with Gasteiger partial charge < -0.3 is 10.6 Å². The van der Waals surface area contributed by atoms with Gasteiger partial charge in [-0.25, -0.2) is 4.98 Å². The molecule has 1 heterocycles. The zero-order chi connectivity index (χ0) is 15.4. The average molecular weight is 389 g/mol. The second-order valence-electron chi connectivity index (χ2n) is 4.72. The summed E-state index contributed by atoms with van der Waals surface area (Å²) >= 11 is 15.8. The molecule has 1 aromatic carbocycles. The number of pyridine rings is 1. The Bertz CT molecular complexity index is 627. The van der Waals surface area contributed by atoms with E-state index in [1.807, 2.05) is 25.1 Å². The maximum absolute atomic E-state index is 6.22. The molecule has 2 N–H and O–H groups in total. The van der Waals surface area contributed by atoms with Gasteiger partial charge in [0.05, 0.1) is 10.0 Å². The van der Waals surface area contributed by atoms with Crippen LogP contribution in [0.15, 0.2) is 28.7 Å². The molecule has 2 rings (SSSR count). The lowest BCUT2D eigenvalue weighted by Crippen LogP contribution is -2.05. The number of hydrogen-bond acceptors (Lipinski definition) is 3. The Hall–Kier alpha value is -0.970. The van der Waals surface area contributed by atoms with Crippen LogP contribution in [-0.4, -0.2) is 11.5 Å². The minimum Gasteiger partial charge on any atom is -0.369 e. The molecule has 0 saturated carbocycles. The molecule has 0 aliphatic heterocycles. The van der Waals surface area contributed by atoms with E-state index in [2.05, 4.69) is 38.5 Å². The molecule has 0 atom stereocenters. The first kappa shape index (κ1) is 16.4. The third kappa shape index (κ3) is 4.50. The van der Waals surface area contributed by atoms with Crippen LogP contribution >= 0.6 is 39.1 Å². The third-order valence-corrected chi connectivity index (χ3v) is 3.81. The molecule has 3 nitrogen and oxygen atoms in total. The fourth-order valence-electron chi connectivity index (χ4n) is 1.87. The summed E-state index contributed by atoms with van der Waals surface area (Å²) in [5.74, 6) is 1.22. The first-order valence-corrected chi connectivity index (χ1v) is 8.18. The van der Waals surface area contributed by atoms with Gasteiger partial charge in [0.2, 0.25) is 0 Å². The zero-order valence-electron chi connectivity index (χ0n) is 11.8. The Kier molecular flexibility index (Phi) is 5.73. The Labute approximate surface area is 143 Å². The van der Waals surface area contributed by atoms with Crippen LogP contribution in [-0.2, 0) is 0 Å². The van der Waals surface area contributed by atoms with E-state index in [1.54, 1.807) is 6.07 Å². The van der Waals surface area contributed by atoms with Gasteiger partial charge >= 0.3 is 0 Å². The summed E-state index contributed by atoms with van der Waals surface area (Å²) in [6.45, 7) is 4.92. The molecule has 0 aliphatic rings. The van der Waals surface area contributed by atoms with Crippen LogP contribution in [0.25, 0.3) is 0 Å². The van der Waals surface area contributed by atoms with Crippen LogP contribution in [0.1, 0.15) is 18.9 Å². The topological polar surface area (TPSA) is 37.0 Å². The second-order valence-corrected chi connectivity index (χ2v) is 6.45. The van der Waals surface area contributed by atoms with Crippen molar-refractivity contribution in [2.75, 3.05) is 17.2 Å². The quantitative estimate of drug-likeness (QED) is 0.656. The predicted molar refractivity (Wildman–Crippen MR) is 95.2 cm³/mol. The Morgan fingerprint density at radius 1 is 1.10 bits per heavy atom. The standard InChI is InChI=1S/C15H16BrCl2N3/c1-3-4-19-14-12(17)8-13(18)15(21-14)20-11-6-9(2)5-10(16)7-11/h5-8H,3-4H2,1-2H3,(H2,19,20,21). The van der Waals surface area contributed by atoms with Gasteiger partial charge in [-0.1, -0.05) is 46.1 Å². The van der Waals surface area contributed by atoms with Crippen LogP contribution in [0, 0.1) is 6.92 Å². The number of hydrogen-bond donors (Lipinski definition) is 2. The van der Waals surface area contributed by atoms with E-state index in [0.717, 1.165) is 28.7 Å². The molecular formula is C15H16BrCl2N3. The summed E-state index contributed by atoms with van der Waals surface area (Å²) in [4.78, 5) is 4.46. The summed E-state index contributed by atoms with van der Waals surface area (Å²) in [6.07, 6.45) is 0.994. The van der Waals surface area contributed by atoms with E-state index in [0.29, 0.717) is 21.7 Å². The number of aromatic nitrogens is 1. The van der Waals surface area contributed by atoms with Crippen LogP contribution in [0.3, 0.4) is 0 Å². The normalized spacial score (nSPS) is 10.5. The predicted octanol–water partition coefficient (Wildman–Crippen LogP) is 6.02. The number of nitrogens with zero attached hydrogens (tertiary/aromatic N) is 1. The van der Waals surface area contributed by atoms with Gasteiger partial charge in [0, 0.05) is 16.7 Å². The highest BCUT2D eigenvalue weighted by molar-refractivity contribution is 9.10. The summed E-state index contributed by atoms with van der Waals surface area (Å²) in [5, 5.41) is 7.42. The van der Waals surface area contributed by atoms with Crippen molar-refractivity contribution in [3.63, 3.8) is 0 Å². The molecule has 0 unspecified atom stereocenters. The molecule has 2 aromatic rings.